The van der Waals surface area contributed by atoms with Gasteiger partial charge in [-0.25, -0.2) is 0 Å². The molecule has 0 aliphatic carbocycles. The maximum atomic E-state index is 13.1. The quantitative estimate of drug-likeness (QED) is 0.926. The van der Waals surface area contributed by atoms with Crippen LogP contribution in [0.25, 0.3) is 11.0 Å². The number of hydrogen-bond acceptors (Lipinski definition) is 4. The summed E-state index contributed by atoms with van der Waals surface area (Å²) in [6.07, 6.45) is 3.01. The van der Waals surface area contributed by atoms with Crippen molar-refractivity contribution in [3.8, 4) is 0 Å². The summed E-state index contributed by atoms with van der Waals surface area (Å²) in [5.41, 5.74) is -0.0975. The van der Waals surface area contributed by atoms with Gasteiger partial charge in [0.1, 0.15) is 11.1 Å². The normalized spacial score (nSPS) is 23.8. The summed E-state index contributed by atoms with van der Waals surface area (Å²) in [5, 5.41) is 10.1. The fraction of sp³-hybridized carbons (Fsp3) is 0.474. The molecule has 2 saturated heterocycles. The van der Waals surface area contributed by atoms with E-state index in [2.05, 4.69) is 0 Å². The second kappa shape index (κ2) is 6.19. The van der Waals surface area contributed by atoms with Crippen LogP contribution >= 0.6 is 0 Å². The Hall–Kier alpha value is -2.34. The van der Waals surface area contributed by atoms with Gasteiger partial charge in [-0.1, -0.05) is 18.2 Å². The van der Waals surface area contributed by atoms with E-state index in [1.807, 2.05) is 24.3 Å². The Balaban J connectivity index is 1.66. The summed E-state index contributed by atoms with van der Waals surface area (Å²) in [6.45, 7) is 1.48. The Labute approximate surface area is 146 Å². The first-order chi connectivity index (χ1) is 12.2. The summed E-state index contributed by atoms with van der Waals surface area (Å²) in [6, 6.07) is 9.27. The van der Waals surface area contributed by atoms with Crippen molar-refractivity contribution in [2.45, 2.75) is 31.2 Å². The zero-order valence-corrected chi connectivity index (χ0v) is 14.1. The van der Waals surface area contributed by atoms with Gasteiger partial charge in [-0.2, -0.15) is 0 Å². The van der Waals surface area contributed by atoms with Crippen LogP contribution in [0.5, 0.6) is 0 Å². The number of aliphatic hydroxyl groups excluding tert-OH is 1. The lowest BCUT2D eigenvalue weighted by Crippen LogP contribution is -2.61. The zero-order chi connectivity index (χ0) is 17.4. The number of fused-ring (bicyclic) bond motifs is 1. The summed E-state index contributed by atoms with van der Waals surface area (Å²) >= 11 is 0. The van der Waals surface area contributed by atoms with Crippen LogP contribution in [-0.2, 0) is 4.79 Å². The highest BCUT2D eigenvalue weighted by Gasteiger charge is 2.53. The number of piperidine rings is 1. The van der Waals surface area contributed by atoms with Crippen molar-refractivity contribution in [3.63, 3.8) is 0 Å². The van der Waals surface area contributed by atoms with Gasteiger partial charge in [-0.05, 0) is 37.8 Å². The van der Waals surface area contributed by atoms with Gasteiger partial charge >= 0.3 is 0 Å². The molecule has 3 heterocycles. The maximum absolute atomic E-state index is 13.1. The Bertz CT molecular complexity index is 780. The topological polar surface area (TPSA) is 74.0 Å². The van der Waals surface area contributed by atoms with Crippen LogP contribution in [0.15, 0.2) is 34.7 Å². The van der Waals surface area contributed by atoms with Crippen LogP contribution in [0.2, 0.25) is 0 Å². The third-order valence-electron chi connectivity index (χ3n) is 5.44. The van der Waals surface area contributed by atoms with E-state index in [4.69, 9.17) is 4.42 Å². The molecule has 2 amide bonds. The molecule has 0 radical (unpaired) electrons. The van der Waals surface area contributed by atoms with Crippen LogP contribution in [0.1, 0.15) is 36.2 Å². The van der Waals surface area contributed by atoms with Crippen LogP contribution in [0, 0.1) is 0 Å². The number of carbonyl (C=O) groups is 2. The molecule has 1 unspecified atom stereocenters. The van der Waals surface area contributed by atoms with Crippen molar-refractivity contribution in [3.05, 3.63) is 36.1 Å². The van der Waals surface area contributed by atoms with Gasteiger partial charge in [0.15, 0.2) is 5.76 Å². The molecule has 0 saturated carbocycles. The largest absolute Gasteiger partial charge is 0.451 e. The molecule has 2 aliphatic heterocycles. The molecule has 4 rings (SSSR count). The minimum Gasteiger partial charge on any atom is -0.451 e. The third kappa shape index (κ3) is 2.52. The van der Waals surface area contributed by atoms with E-state index in [9.17, 15) is 14.7 Å². The monoisotopic (exact) mass is 342 g/mol. The first-order valence-electron chi connectivity index (χ1n) is 8.86. The van der Waals surface area contributed by atoms with E-state index in [-0.39, 0.29) is 24.2 Å². The number of amides is 2. The van der Waals surface area contributed by atoms with E-state index in [1.54, 1.807) is 15.9 Å². The molecule has 132 valence electrons. The van der Waals surface area contributed by atoms with Gasteiger partial charge in [0.25, 0.3) is 5.91 Å². The molecule has 6 heteroatoms. The third-order valence-corrected chi connectivity index (χ3v) is 5.44. The van der Waals surface area contributed by atoms with E-state index in [1.165, 1.54) is 0 Å². The molecule has 2 aromatic rings. The molecule has 6 nitrogen and oxygen atoms in total. The Morgan fingerprint density at radius 1 is 1.20 bits per heavy atom. The van der Waals surface area contributed by atoms with Crippen LogP contribution < -0.4 is 0 Å². The SMILES string of the molecule is O=C(c1cc2ccccc2o1)N1CCCC12CCCN(CCO)C2=O. The number of para-hydroxylation sites is 1. The Kier molecular flexibility index (Phi) is 4.00. The first-order valence-corrected chi connectivity index (χ1v) is 8.86. The van der Waals surface area contributed by atoms with Gasteiger partial charge in [0, 0.05) is 25.0 Å². The number of rotatable bonds is 3. The highest BCUT2D eigenvalue weighted by molar-refractivity contribution is 6.00. The van der Waals surface area contributed by atoms with E-state index in [0.29, 0.717) is 38.1 Å². The van der Waals surface area contributed by atoms with Crippen molar-refractivity contribution in [1.29, 1.82) is 0 Å². The van der Waals surface area contributed by atoms with Crippen molar-refractivity contribution in [1.82, 2.24) is 9.80 Å². The number of carbonyl (C=O) groups excluding carboxylic acids is 2. The molecule has 1 aromatic carbocycles. The predicted octanol–water partition coefficient (Wildman–Crippen LogP) is 2.02. The number of β-amino-alcohol motifs (C(OH)–C–C–N with tert-alkyl or cyclic N) is 1. The highest BCUT2D eigenvalue weighted by atomic mass is 16.3. The molecular formula is C19H22N2O4. The summed E-state index contributed by atoms with van der Waals surface area (Å²) in [4.78, 5) is 29.6. The van der Waals surface area contributed by atoms with Crippen molar-refractivity contribution in [2.75, 3.05) is 26.2 Å². The van der Waals surface area contributed by atoms with Gasteiger partial charge in [0.05, 0.1) is 6.61 Å². The van der Waals surface area contributed by atoms with Crippen molar-refractivity contribution < 1.29 is 19.1 Å². The molecule has 1 N–H and O–H groups in total. The molecule has 1 spiro atoms. The van der Waals surface area contributed by atoms with Gasteiger partial charge in [-0.15, -0.1) is 0 Å². The molecule has 0 bridgehead atoms. The average molecular weight is 342 g/mol. The number of furan rings is 1. The second-order valence-corrected chi connectivity index (χ2v) is 6.86. The summed E-state index contributed by atoms with van der Waals surface area (Å²) < 4.78 is 5.73. The average Bonchev–Trinajstić information content (AvgIpc) is 3.23. The first kappa shape index (κ1) is 16.1. The van der Waals surface area contributed by atoms with E-state index >= 15 is 0 Å². The lowest BCUT2D eigenvalue weighted by atomic mass is 9.85. The molecule has 25 heavy (non-hydrogen) atoms. The molecular weight excluding hydrogens is 320 g/mol. The summed E-state index contributed by atoms with van der Waals surface area (Å²) in [7, 11) is 0. The fourth-order valence-electron chi connectivity index (χ4n) is 4.28. The van der Waals surface area contributed by atoms with Crippen LogP contribution in [0.3, 0.4) is 0 Å². The van der Waals surface area contributed by atoms with Gasteiger partial charge in [0.2, 0.25) is 5.91 Å². The lowest BCUT2D eigenvalue weighted by molar-refractivity contribution is -0.146. The van der Waals surface area contributed by atoms with Crippen molar-refractivity contribution >= 4 is 22.8 Å². The Morgan fingerprint density at radius 2 is 1.96 bits per heavy atom. The highest BCUT2D eigenvalue weighted by Crippen LogP contribution is 2.39. The number of hydrogen-bond donors (Lipinski definition) is 1. The molecule has 2 fully saturated rings. The number of likely N-dealkylation sites (tertiary alicyclic amines) is 2. The molecule has 1 atom stereocenters. The van der Waals surface area contributed by atoms with Gasteiger partial charge < -0.3 is 19.3 Å². The van der Waals surface area contributed by atoms with Gasteiger partial charge in [-0.3, -0.25) is 9.59 Å². The number of nitrogens with zero attached hydrogens (tertiary/aromatic N) is 2. The maximum Gasteiger partial charge on any atom is 0.290 e. The lowest BCUT2D eigenvalue weighted by Gasteiger charge is -2.44. The van der Waals surface area contributed by atoms with Crippen molar-refractivity contribution in [2.24, 2.45) is 0 Å². The minimum atomic E-state index is -0.774. The second-order valence-electron chi connectivity index (χ2n) is 6.86. The van der Waals surface area contributed by atoms with Crippen LogP contribution in [-0.4, -0.2) is 58.5 Å². The Morgan fingerprint density at radius 3 is 2.72 bits per heavy atom. The van der Waals surface area contributed by atoms with E-state index in [0.717, 1.165) is 18.2 Å². The minimum absolute atomic E-state index is 0.0326. The predicted molar refractivity (Wildman–Crippen MR) is 92.1 cm³/mol. The van der Waals surface area contributed by atoms with E-state index < -0.39 is 5.54 Å². The fourth-order valence-corrected chi connectivity index (χ4v) is 4.28. The summed E-state index contributed by atoms with van der Waals surface area (Å²) in [5.74, 6) is 0.0391. The molecule has 2 aliphatic rings. The zero-order valence-electron chi connectivity index (χ0n) is 14.1. The number of aliphatic hydroxyl groups is 1. The van der Waals surface area contributed by atoms with Crippen LogP contribution in [0.4, 0.5) is 0 Å². The smallest absolute Gasteiger partial charge is 0.290 e. The number of benzene rings is 1. The molecule has 1 aromatic heterocycles. The standard InChI is InChI=1S/C19H22N2O4/c22-12-11-20-9-3-7-19(18(20)24)8-4-10-21(19)17(23)16-13-14-5-1-2-6-15(14)25-16/h1-2,5-6,13,22H,3-4,7-12H2.